The van der Waals surface area contributed by atoms with Crippen molar-refractivity contribution in [3.8, 4) is 0 Å². The minimum absolute atomic E-state index is 0.613. The number of nitrogens with two attached hydrogens (primary N) is 1. The van der Waals surface area contributed by atoms with Crippen LogP contribution in [0.1, 0.15) is 25.7 Å². The zero-order valence-corrected chi connectivity index (χ0v) is 7.00. The van der Waals surface area contributed by atoms with E-state index in [0.717, 1.165) is 19.4 Å². The van der Waals surface area contributed by atoms with Crippen molar-refractivity contribution in [1.29, 1.82) is 0 Å². The van der Waals surface area contributed by atoms with Crippen molar-refractivity contribution in [1.82, 2.24) is 4.90 Å². The van der Waals surface area contributed by atoms with Crippen LogP contribution >= 0.6 is 0 Å². The summed E-state index contributed by atoms with van der Waals surface area (Å²) in [5.74, 6) is 0. The number of aliphatic hydroxyl groups excluding tert-OH is 1. The topological polar surface area (TPSA) is 49.5 Å². The summed E-state index contributed by atoms with van der Waals surface area (Å²) >= 11 is 0. The molecule has 1 heterocycles. The molecule has 1 aliphatic heterocycles. The van der Waals surface area contributed by atoms with Crippen molar-refractivity contribution in [2.24, 2.45) is 5.73 Å². The van der Waals surface area contributed by atoms with Gasteiger partial charge in [0.05, 0.1) is 0 Å². The summed E-state index contributed by atoms with van der Waals surface area (Å²) in [6, 6.07) is 0. The fourth-order valence-corrected chi connectivity index (χ4v) is 1.53. The van der Waals surface area contributed by atoms with E-state index in [1.165, 1.54) is 25.9 Å². The quantitative estimate of drug-likeness (QED) is 0.572. The minimum atomic E-state index is -0.613. The van der Waals surface area contributed by atoms with E-state index in [2.05, 4.69) is 4.90 Å². The minimum Gasteiger partial charge on any atom is -0.379 e. The molecule has 0 aromatic heterocycles. The van der Waals surface area contributed by atoms with Gasteiger partial charge in [-0.3, -0.25) is 0 Å². The van der Waals surface area contributed by atoms with E-state index < -0.39 is 6.23 Å². The molecule has 0 aliphatic carbocycles. The first-order valence-corrected chi connectivity index (χ1v) is 4.45. The van der Waals surface area contributed by atoms with Gasteiger partial charge in [-0.05, 0) is 45.3 Å². The molecule has 66 valence electrons. The Morgan fingerprint density at radius 1 is 1.36 bits per heavy atom. The summed E-state index contributed by atoms with van der Waals surface area (Å²) in [6.45, 7) is 3.58. The highest BCUT2D eigenvalue weighted by atomic mass is 16.3. The van der Waals surface area contributed by atoms with E-state index in [9.17, 15) is 0 Å². The SMILES string of the molecule is NC(O)CCCN1CCCC1. The van der Waals surface area contributed by atoms with Crippen LogP contribution in [0.2, 0.25) is 0 Å². The highest BCUT2D eigenvalue weighted by Crippen LogP contribution is 2.08. The van der Waals surface area contributed by atoms with Crippen LogP contribution in [0.15, 0.2) is 0 Å². The first kappa shape index (κ1) is 8.97. The van der Waals surface area contributed by atoms with Crippen molar-refractivity contribution in [2.45, 2.75) is 31.9 Å². The third-order valence-corrected chi connectivity index (χ3v) is 2.17. The van der Waals surface area contributed by atoms with Crippen LogP contribution in [-0.2, 0) is 0 Å². The first-order valence-electron chi connectivity index (χ1n) is 4.45. The predicted molar refractivity (Wildman–Crippen MR) is 45.1 cm³/mol. The predicted octanol–water partition coefficient (Wildman–Crippen LogP) is 0.139. The van der Waals surface area contributed by atoms with Crippen molar-refractivity contribution in [3.05, 3.63) is 0 Å². The maximum Gasteiger partial charge on any atom is 0.102 e. The Labute approximate surface area is 68.2 Å². The van der Waals surface area contributed by atoms with E-state index in [1.54, 1.807) is 0 Å². The number of rotatable bonds is 4. The van der Waals surface area contributed by atoms with Crippen molar-refractivity contribution in [2.75, 3.05) is 19.6 Å². The molecule has 0 radical (unpaired) electrons. The Morgan fingerprint density at radius 3 is 2.55 bits per heavy atom. The normalized spacial score (nSPS) is 22.4. The summed E-state index contributed by atoms with van der Waals surface area (Å²) in [5.41, 5.74) is 5.21. The molecular formula is C8H18N2O. The van der Waals surface area contributed by atoms with Gasteiger partial charge in [-0.2, -0.15) is 0 Å². The lowest BCUT2D eigenvalue weighted by Crippen LogP contribution is -2.24. The van der Waals surface area contributed by atoms with Gasteiger partial charge in [0.2, 0.25) is 0 Å². The summed E-state index contributed by atoms with van der Waals surface area (Å²) in [4.78, 5) is 2.43. The van der Waals surface area contributed by atoms with Gasteiger partial charge >= 0.3 is 0 Å². The lowest BCUT2D eigenvalue weighted by molar-refractivity contribution is 0.163. The molecule has 0 spiro atoms. The van der Waals surface area contributed by atoms with Crippen LogP contribution in [-0.4, -0.2) is 35.9 Å². The number of nitrogens with zero attached hydrogens (tertiary/aromatic N) is 1. The highest BCUT2D eigenvalue weighted by Gasteiger charge is 2.10. The molecule has 0 amide bonds. The molecule has 1 unspecified atom stereocenters. The zero-order valence-electron chi connectivity index (χ0n) is 7.00. The molecule has 1 atom stereocenters. The van der Waals surface area contributed by atoms with Crippen LogP contribution < -0.4 is 5.73 Å². The summed E-state index contributed by atoms with van der Waals surface area (Å²) < 4.78 is 0. The highest BCUT2D eigenvalue weighted by molar-refractivity contribution is 4.65. The van der Waals surface area contributed by atoms with Crippen LogP contribution in [0.4, 0.5) is 0 Å². The average Bonchev–Trinajstić information content (AvgIpc) is 2.39. The molecule has 0 aromatic rings. The smallest absolute Gasteiger partial charge is 0.102 e. The van der Waals surface area contributed by atoms with Crippen LogP contribution in [0, 0.1) is 0 Å². The Balaban J connectivity index is 1.94. The molecule has 0 aromatic carbocycles. The molecule has 1 rings (SSSR count). The molecule has 0 bridgehead atoms. The van der Waals surface area contributed by atoms with Gasteiger partial charge in [0.15, 0.2) is 0 Å². The standard InChI is InChI=1S/C8H18N2O/c9-8(11)4-3-7-10-5-1-2-6-10/h8,11H,1-7,9H2. The first-order chi connectivity index (χ1) is 5.29. The fourth-order valence-electron chi connectivity index (χ4n) is 1.53. The number of aliphatic hydroxyl groups is 1. The average molecular weight is 158 g/mol. The molecule has 0 saturated carbocycles. The van der Waals surface area contributed by atoms with Gasteiger partial charge in [0.25, 0.3) is 0 Å². The third kappa shape index (κ3) is 3.70. The van der Waals surface area contributed by atoms with Crippen molar-refractivity contribution >= 4 is 0 Å². The van der Waals surface area contributed by atoms with E-state index in [4.69, 9.17) is 10.8 Å². The Bertz CT molecular complexity index is 100. The van der Waals surface area contributed by atoms with Gasteiger partial charge in [-0.25, -0.2) is 0 Å². The summed E-state index contributed by atoms with van der Waals surface area (Å²) in [6.07, 6.45) is 3.82. The Hall–Kier alpha value is -0.120. The molecular weight excluding hydrogens is 140 g/mol. The van der Waals surface area contributed by atoms with E-state index in [0.29, 0.717) is 0 Å². The van der Waals surface area contributed by atoms with E-state index >= 15 is 0 Å². The molecule has 11 heavy (non-hydrogen) atoms. The molecule has 3 N–H and O–H groups in total. The third-order valence-electron chi connectivity index (χ3n) is 2.17. The monoisotopic (exact) mass is 158 g/mol. The van der Waals surface area contributed by atoms with Crippen LogP contribution in [0.3, 0.4) is 0 Å². The Morgan fingerprint density at radius 2 is 2.00 bits per heavy atom. The Kier molecular flexibility index (Phi) is 3.83. The molecule has 3 nitrogen and oxygen atoms in total. The van der Waals surface area contributed by atoms with Crippen LogP contribution in [0.5, 0.6) is 0 Å². The maximum atomic E-state index is 8.79. The lowest BCUT2D eigenvalue weighted by atomic mass is 10.3. The van der Waals surface area contributed by atoms with Crippen molar-refractivity contribution in [3.63, 3.8) is 0 Å². The van der Waals surface area contributed by atoms with E-state index in [-0.39, 0.29) is 0 Å². The number of likely N-dealkylation sites (tertiary alicyclic amines) is 1. The molecule has 1 saturated heterocycles. The molecule has 1 aliphatic rings. The van der Waals surface area contributed by atoms with Gasteiger partial charge in [-0.15, -0.1) is 0 Å². The van der Waals surface area contributed by atoms with Gasteiger partial charge in [0.1, 0.15) is 6.23 Å². The van der Waals surface area contributed by atoms with Gasteiger partial charge in [-0.1, -0.05) is 0 Å². The summed E-state index contributed by atoms with van der Waals surface area (Å²) in [5, 5.41) is 8.79. The lowest BCUT2D eigenvalue weighted by Gasteiger charge is -2.14. The fraction of sp³-hybridized carbons (Fsp3) is 1.00. The van der Waals surface area contributed by atoms with Crippen molar-refractivity contribution < 1.29 is 5.11 Å². The summed E-state index contributed by atoms with van der Waals surface area (Å²) in [7, 11) is 0. The second kappa shape index (κ2) is 4.70. The molecule has 3 heteroatoms. The van der Waals surface area contributed by atoms with Gasteiger partial charge in [0, 0.05) is 0 Å². The van der Waals surface area contributed by atoms with E-state index in [1.807, 2.05) is 0 Å². The maximum absolute atomic E-state index is 8.79. The van der Waals surface area contributed by atoms with Crippen LogP contribution in [0.25, 0.3) is 0 Å². The second-order valence-electron chi connectivity index (χ2n) is 3.26. The second-order valence-corrected chi connectivity index (χ2v) is 3.26. The number of hydrogen-bond acceptors (Lipinski definition) is 3. The number of hydrogen-bond donors (Lipinski definition) is 2. The largest absolute Gasteiger partial charge is 0.379 e. The molecule has 1 fully saturated rings. The zero-order chi connectivity index (χ0) is 8.10. The van der Waals surface area contributed by atoms with Gasteiger partial charge < -0.3 is 15.7 Å².